The van der Waals surface area contributed by atoms with Crippen molar-refractivity contribution in [1.82, 2.24) is 15.3 Å². The molecule has 0 radical (unpaired) electrons. The molecule has 0 atom stereocenters. The van der Waals surface area contributed by atoms with Crippen molar-refractivity contribution in [3.63, 3.8) is 0 Å². The van der Waals surface area contributed by atoms with Crippen LogP contribution in [0.2, 0.25) is 0 Å². The molecule has 0 unspecified atom stereocenters. The maximum atomic E-state index is 12.6. The first-order chi connectivity index (χ1) is 12.4. The molecule has 0 aliphatic carbocycles. The summed E-state index contributed by atoms with van der Waals surface area (Å²) in [5.41, 5.74) is 1.73. The van der Waals surface area contributed by atoms with Gasteiger partial charge in [-0.15, -0.1) is 0 Å². The van der Waals surface area contributed by atoms with Gasteiger partial charge in [-0.1, -0.05) is 6.07 Å². The highest BCUT2D eigenvalue weighted by Crippen LogP contribution is 2.29. The standard InChI is InChI=1S/C19H14F3N3O/c20-19(21,22)16-5-3-14(4-6-16)18(26)25-12-15-2-1-9-24-17(15)13-7-10-23-11-8-13/h1-11H,12H2,(H,25,26). The Bertz CT molecular complexity index is 894. The molecule has 4 nitrogen and oxygen atoms in total. The topological polar surface area (TPSA) is 54.9 Å². The van der Waals surface area contributed by atoms with Gasteiger partial charge in [0.25, 0.3) is 5.91 Å². The maximum absolute atomic E-state index is 12.6. The third-order valence-corrected chi connectivity index (χ3v) is 3.76. The van der Waals surface area contributed by atoms with E-state index in [9.17, 15) is 18.0 Å². The maximum Gasteiger partial charge on any atom is 0.416 e. The number of amides is 1. The van der Waals surface area contributed by atoms with Crippen LogP contribution in [-0.4, -0.2) is 15.9 Å². The van der Waals surface area contributed by atoms with E-state index >= 15 is 0 Å². The number of halogens is 3. The highest BCUT2D eigenvalue weighted by molar-refractivity contribution is 5.94. The summed E-state index contributed by atoms with van der Waals surface area (Å²) < 4.78 is 37.8. The predicted octanol–water partition coefficient (Wildman–Crippen LogP) is 4.09. The molecule has 0 bridgehead atoms. The largest absolute Gasteiger partial charge is 0.416 e. The lowest BCUT2D eigenvalue weighted by Crippen LogP contribution is -2.23. The van der Waals surface area contributed by atoms with Crippen molar-refractivity contribution in [2.45, 2.75) is 12.7 Å². The quantitative estimate of drug-likeness (QED) is 0.765. The molecule has 0 fully saturated rings. The number of rotatable bonds is 4. The number of hydrogen-bond donors (Lipinski definition) is 1. The number of pyridine rings is 2. The highest BCUT2D eigenvalue weighted by Gasteiger charge is 2.30. The van der Waals surface area contributed by atoms with E-state index in [0.717, 1.165) is 35.4 Å². The average molecular weight is 357 g/mol. The molecule has 3 aromatic rings. The van der Waals surface area contributed by atoms with Crippen molar-refractivity contribution >= 4 is 5.91 Å². The first kappa shape index (κ1) is 17.6. The van der Waals surface area contributed by atoms with Crippen molar-refractivity contribution in [2.24, 2.45) is 0 Å². The zero-order valence-corrected chi connectivity index (χ0v) is 13.5. The van der Waals surface area contributed by atoms with Gasteiger partial charge < -0.3 is 5.32 Å². The van der Waals surface area contributed by atoms with Crippen LogP contribution >= 0.6 is 0 Å². The molecule has 0 saturated heterocycles. The monoisotopic (exact) mass is 357 g/mol. The van der Waals surface area contributed by atoms with Crippen molar-refractivity contribution in [3.05, 3.63) is 83.8 Å². The van der Waals surface area contributed by atoms with E-state index in [1.54, 1.807) is 24.7 Å². The van der Waals surface area contributed by atoms with Crippen molar-refractivity contribution in [1.29, 1.82) is 0 Å². The Hall–Kier alpha value is -3.22. The number of benzene rings is 1. The van der Waals surface area contributed by atoms with E-state index in [0.29, 0.717) is 5.69 Å². The summed E-state index contributed by atoms with van der Waals surface area (Å²) in [5.74, 6) is -0.455. The van der Waals surface area contributed by atoms with Crippen LogP contribution in [0.15, 0.2) is 67.1 Å². The molecule has 1 amide bonds. The first-order valence-corrected chi connectivity index (χ1v) is 7.75. The molecule has 2 aromatic heterocycles. The van der Waals surface area contributed by atoms with E-state index in [1.165, 1.54) is 0 Å². The van der Waals surface area contributed by atoms with E-state index in [4.69, 9.17) is 0 Å². The number of carbonyl (C=O) groups excluding carboxylic acids is 1. The second kappa shape index (κ2) is 7.35. The summed E-state index contributed by atoms with van der Waals surface area (Å²) in [6.07, 6.45) is 0.518. The number of aromatic nitrogens is 2. The van der Waals surface area contributed by atoms with Crippen LogP contribution in [0.3, 0.4) is 0 Å². The van der Waals surface area contributed by atoms with Gasteiger partial charge in [0.05, 0.1) is 11.3 Å². The van der Waals surface area contributed by atoms with Crippen LogP contribution in [0.25, 0.3) is 11.3 Å². The molecule has 3 rings (SSSR count). The first-order valence-electron chi connectivity index (χ1n) is 7.75. The lowest BCUT2D eigenvalue weighted by atomic mass is 10.1. The highest BCUT2D eigenvalue weighted by atomic mass is 19.4. The summed E-state index contributed by atoms with van der Waals surface area (Å²) in [4.78, 5) is 20.5. The Morgan fingerprint density at radius 3 is 2.31 bits per heavy atom. The Labute approximate surface area is 147 Å². The van der Waals surface area contributed by atoms with Crippen LogP contribution < -0.4 is 5.32 Å². The Morgan fingerprint density at radius 2 is 1.65 bits per heavy atom. The molecule has 1 aromatic carbocycles. The number of nitrogens with zero attached hydrogens (tertiary/aromatic N) is 2. The van der Waals surface area contributed by atoms with Crippen molar-refractivity contribution < 1.29 is 18.0 Å². The lowest BCUT2D eigenvalue weighted by Gasteiger charge is -2.11. The normalized spacial score (nSPS) is 11.2. The molecule has 1 N–H and O–H groups in total. The molecular formula is C19H14F3N3O. The molecule has 0 aliphatic heterocycles. The SMILES string of the molecule is O=C(NCc1cccnc1-c1ccncc1)c1ccc(C(F)(F)F)cc1. The molecule has 0 spiro atoms. The molecule has 0 saturated carbocycles. The second-order valence-electron chi connectivity index (χ2n) is 5.50. The van der Waals surface area contributed by atoms with Gasteiger partial charge in [0.2, 0.25) is 0 Å². The smallest absolute Gasteiger partial charge is 0.348 e. The summed E-state index contributed by atoms with van der Waals surface area (Å²) in [6.45, 7) is 0.200. The van der Waals surface area contributed by atoms with Crippen molar-refractivity contribution in [3.8, 4) is 11.3 Å². The minimum atomic E-state index is -4.43. The van der Waals surface area contributed by atoms with Gasteiger partial charge in [0.15, 0.2) is 0 Å². The van der Waals surface area contributed by atoms with Gasteiger partial charge in [-0.3, -0.25) is 14.8 Å². The number of nitrogens with one attached hydrogen (secondary N) is 1. The van der Waals surface area contributed by atoms with E-state index in [1.807, 2.05) is 18.2 Å². The van der Waals surface area contributed by atoms with Crippen LogP contribution in [0, 0.1) is 0 Å². The van der Waals surface area contributed by atoms with E-state index in [2.05, 4.69) is 15.3 Å². The summed E-state index contributed by atoms with van der Waals surface area (Å²) in [5, 5.41) is 2.71. The minimum absolute atomic E-state index is 0.160. The Morgan fingerprint density at radius 1 is 0.962 bits per heavy atom. The predicted molar refractivity (Wildman–Crippen MR) is 90.1 cm³/mol. The van der Waals surface area contributed by atoms with Gasteiger partial charge in [0, 0.05) is 36.3 Å². The average Bonchev–Trinajstić information content (AvgIpc) is 2.66. The third kappa shape index (κ3) is 4.05. The number of carbonyl (C=O) groups is 1. The molecule has 2 heterocycles. The summed E-state index contributed by atoms with van der Waals surface area (Å²) in [6, 6.07) is 11.3. The van der Waals surface area contributed by atoms with Crippen molar-refractivity contribution in [2.75, 3.05) is 0 Å². The summed E-state index contributed by atoms with van der Waals surface area (Å²) >= 11 is 0. The molecule has 0 aliphatic rings. The zero-order valence-electron chi connectivity index (χ0n) is 13.5. The molecule has 26 heavy (non-hydrogen) atoms. The molecule has 7 heteroatoms. The van der Waals surface area contributed by atoms with E-state index < -0.39 is 17.6 Å². The van der Waals surface area contributed by atoms with Crippen LogP contribution in [-0.2, 0) is 12.7 Å². The summed E-state index contributed by atoms with van der Waals surface area (Å²) in [7, 11) is 0. The van der Waals surface area contributed by atoms with Crippen LogP contribution in [0.5, 0.6) is 0 Å². The molecule has 132 valence electrons. The number of hydrogen-bond acceptors (Lipinski definition) is 3. The van der Waals surface area contributed by atoms with Gasteiger partial charge in [-0.2, -0.15) is 13.2 Å². The van der Waals surface area contributed by atoms with E-state index in [-0.39, 0.29) is 12.1 Å². The third-order valence-electron chi connectivity index (χ3n) is 3.76. The van der Waals surface area contributed by atoms with Crippen LogP contribution in [0.1, 0.15) is 21.5 Å². The van der Waals surface area contributed by atoms with Crippen LogP contribution in [0.4, 0.5) is 13.2 Å². The van der Waals surface area contributed by atoms with Gasteiger partial charge in [0.1, 0.15) is 0 Å². The number of alkyl halides is 3. The van der Waals surface area contributed by atoms with Gasteiger partial charge in [-0.25, -0.2) is 0 Å². The van der Waals surface area contributed by atoms with Gasteiger partial charge in [-0.05, 0) is 48.0 Å². The Balaban J connectivity index is 1.73. The minimum Gasteiger partial charge on any atom is -0.348 e. The van der Waals surface area contributed by atoms with Gasteiger partial charge >= 0.3 is 6.18 Å². The lowest BCUT2D eigenvalue weighted by molar-refractivity contribution is -0.137. The fourth-order valence-electron chi connectivity index (χ4n) is 2.44. The fraction of sp³-hybridized carbons (Fsp3) is 0.105. The second-order valence-corrected chi connectivity index (χ2v) is 5.50. The molecular weight excluding hydrogens is 343 g/mol. The Kier molecular flexibility index (Phi) is 4.97. The zero-order chi connectivity index (χ0) is 18.6. The fourth-order valence-corrected chi connectivity index (χ4v) is 2.44.